The fraction of sp³-hybridized carbons (Fsp3) is 0.588. The van der Waals surface area contributed by atoms with Crippen LogP contribution in [0.1, 0.15) is 45.1 Å². The SMILES string of the molecule is CC1CCC(NC(=O)C(C)S(=O)(=O)Cc2ccc(Cl)cc2Cl)CC1. The van der Waals surface area contributed by atoms with Crippen molar-refractivity contribution >= 4 is 38.9 Å². The minimum absolute atomic E-state index is 0.0745. The molecule has 134 valence electrons. The van der Waals surface area contributed by atoms with E-state index in [9.17, 15) is 13.2 Å². The number of rotatable bonds is 5. The van der Waals surface area contributed by atoms with Gasteiger partial charge < -0.3 is 5.32 Å². The van der Waals surface area contributed by atoms with Gasteiger partial charge in [0.25, 0.3) is 0 Å². The normalized spacial score (nSPS) is 22.8. The molecule has 0 aliphatic heterocycles. The molecule has 1 aromatic carbocycles. The molecule has 7 heteroatoms. The lowest BCUT2D eigenvalue weighted by Crippen LogP contribution is -2.44. The molecule has 1 aliphatic rings. The predicted octanol–water partition coefficient (Wildman–Crippen LogP) is 3.99. The summed E-state index contributed by atoms with van der Waals surface area (Å²) in [7, 11) is -3.65. The van der Waals surface area contributed by atoms with E-state index in [4.69, 9.17) is 23.2 Å². The Hall–Kier alpha value is -0.780. The van der Waals surface area contributed by atoms with E-state index < -0.39 is 21.0 Å². The van der Waals surface area contributed by atoms with Gasteiger partial charge in [0.1, 0.15) is 5.25 Å². The predicted molar refractivity (Wildman–Crippen MR) is 98.1 cm³/mol. The summed E-state index contributed by atoms with van der Waals surface area (Å²) in [5.74, 6) is -0.0368. The van der Waals surface area contributed by atoms with E-state index in [1.807, 2.05) is 0 Å². The van der Waals surface area contributed by atoms with E-state index in [0.717, 1.165) is 25.7 Å². The molecular weight excluding hydrogens is 369 g/mol. The highest BCUT2D eigenvalue weighted by atomic mass is 35.5. The lowest BCUT2D eigenvalue weighted by atomic mass is 9.87. The van der Waals surface area contributed by atoms with Crippen molar-refractivity contribution in [1.29, 1.82) is 0 Å². The molecule has 0 radical (unpaired) electrons. The third-order valence-corrected chi connectivity index (χ3v) is 7.23. The Bertz CT molecular complexity index is 698. The smallest absolute Gasteiger partial charge is 0.238 e. The van der Waals surface area contributed by atoms with Gasteiger partial charge in [-0.2, -0.15) is 0 Å². The van der Waals surface area contributed by atoms with Crippen LogP contribution in [-0.4, -0.2) is 25.6 Å². The molecule has 1 unspecified atom stereocenters. The van der Waals surface area contributed by atoms with Gasteiger partial charge in [0, 0.05) is 16.1 Å². The number of sulfone groups is 1. The molecule has 1 fully saturated rings. The quantitative estimate of drug-likeness (QED) is 0.824. The zero-order chi connectivity index (χ0) is 17.9. The molecule has 1 saturated carbocycles. The Morgan fingerprint density at radius 1 is 1.25 bits per heavy atom. The fourth-order valence-corrected chi connectivity index (χ4v) is 4.75. The third kappa shape index (κ3) is 5.11. The molecule has 1 amide bonds. The minimum atomic E-state index is -3.65. The highest BCUT2D eigenvalue weighted by Gasteiger charge is 2.31. The van der Waals surface area contributed by atoms with Crippen LogP contribution in [0, 0.1) is 5.92 Å². The molecule has 4 nitrogen and oxygen atoms in total. The number of nitrogens with one attached hydrogen (secondary N) is 1. The molecule has 0 spiro atoms. The molecular formula is C17H23Cl2NO3S. The van der Waals surface area contributed by atoms with Crippen LogP contribution < -0.4 is 5.32 Å². The Morgan fingerprint density at radius 3 is 2.46 bits per heavy atom. The first-order chi connectivity index (χ1) is 11.2. The topological polar surface area (TPSA) is 63.2 Å². The van der Waals surface area contributed by atoms with Crippen molar-refractivity contribution in [1.82, 2.24) is 5.32 Å². The van der Waals surface area contributed by atoms with E-state index in [0.29, 0.717) is 21.5 Å². The molecule has 1 aromatic rings. The summed E-state index contributed by atoms with van der Waals surface area (Å²) in [4.78, 5) is 12.3. The van der Waals surface area contributed by atoms with Crippen LogP contribution in [0.15, 0.2) is 18.2 Å². The average Bonchev–Trinajstić information content (AvgIpc) is 2.51. The van der Waals surface area contributed by atoms with Crippen molar-refractivity contribution in [2.24, 2.45) is 5.92 Å². The number of amides is 1. The molecule has 0 heterocycles. The van der Waals surface area contributed by atoms with Gasteiger partial charge >= 0.3 is 0 Å². The molecule has 0 bridgehead atoms. The van der Waals surface area contributed by atoms with Gasteiger partial charge in [-0.05, 0) is 56.2 Å². The number of carbonyl (C=O) groups excluding carboxylic acids is 1. The van der Waals surface area contributed by atoms with E-state index in [-0.39, 0.29) is 11.8 Å². The second-order valence-corrected chi connectivity index (χ2v) is 9.82. The Morgan fingerprint density at radius 2 is 1.88 bits per heavy atom. The van der Waals surface area contributed by atoms with E-state index >= 15 is 0 Å². The number of benzene rings is 1. The van der Waals surface area contributed by atoms with Gasteiger partial charge in [0.2, 0.25) is 5.91 Å². The van der Waals surface area contributed by atoms with Crippen molar-refractivity contribution in [2.45, 2.75) is 56.6 Å². The van der Waals surface area contributed by atoms with E-state index in [1.165, 1.54) is 13.0 Å². The molecule has 0 saturated heterocycles. The van der Waals surface area contributed by atoms with Gasteiger partial charge in [-0.15, -0.1) is 0 Å². The maximum Gasteiger partial charge on any atom is 0.238 e. The second kappa shape index (κ2) is 8.07. The number of halogens is 2. The first-order valence-corrected chi connectivity index (χ1v) is 10.6. The van der Waals surface area contributed by atoms with Crippen LogP contribution in [0.3, 0.4) is 0 Å². The van der Waals surface area contributed by atoms with Crippen molar-refractivity contribution in [3.05, 3.63) is 33.8 Å². The fourth-order valence-electron chi connectivity index (χ4n) is 2.87. The molecule has 24 heavy (non-hydrogen) atoms. The molecule has 1 atom stereocenters. The van der Waals surface area contributed by atoms with Crippen molar-refractivity contribution in [2.75, 3.05) is 0 Å². The summed E-state index contributed by atoms with van der Waals surface area (Å²) in [6.07, 6.45) is 3.93. The van der Waals surface area contributed by atoms with Gasteiger partial charge in [0.15, 0.2) is 9.84 Å². The van der Waals surface area contributed by atoms with Crippen molar-refractivity contribution in [3.8, 4) is 0 Å². The minimum Gasteiger partial charge on any atom is -0.352 e. The average molecular weight is 392 g/mol. The van der Waals surface area contributed by atoms with Gasteiger partial charge in [0.05, 0.1) is 5.75 Å². The molecule has 0 aromatic heterocycles. The zero-order valence-electron chi connectivity index (χ0n) is 13.9. The van der Waals surface area contributed by atoms with Crippen LogP contribution in [0.2, 0.25) is 10.0 Å². The summed E-state index contributed by atoms with van der Waals surface area (Å²) in [6.45, 7) is 3.63. The molecule has 1 N–H and O–H groups in total. The van der Waals surface area contributed by atoms with Crippen LogP contribution in [0.5, 0.6) is 0 Å². The van der Waals surface area contributed by atoms with Gasteiger partial charge in [-0.1, -0.05) is 36.2 Å². The molecule has 1 aliphatic carbocycles. The van der Waals surface area contributed by atoms with Crippen LogP contribution >= 0.6 is 23.2 Å². The Kier molecular flexibility index (Phi) is 6.57. The first kappa shape index (κ1) is 19.5. The Labute approximate surface area is 153 Å². The first-order valence-electron chi connectivity index (χ1n) is 8.15. The van der Waals surface area contributed by atoms with Gasteiger partial charge in [-0.3, -0.25) is 4.79 Å². The Balaban J connectivity index is 2.01. The third-order valence-electron chi connectivity index (χ3n) is 4.64. The number of carbonyl (C=O) groups is 1. The summed E-state index contributed by atoms with van der Waals surface area (Å²) in [5, 5.41) is 2.51. The summed E-state index contributed by atoms with van der Waals surface area (Å²) < 4.78 is 25.0. The standard InChI is InChI=1S/C17H23Cl2NO3S/c1-11-3-7-15(8-4-11)20-17(21)12(2)24(22,23)10-13-5-6-14(18)9-16(13)19/h5-6,9,11-12,15H,3-4,7-8,10H2,1-2H3,(H,20,21). The summed E-state index contributed by atoms with van der Waals surface area (Å²) >= 11 is 11.9. The molecule has 2 rings (SSSR count). The monoisotopic (exact) mass is 391 g/mol. The van der Waals surface area contributed by atoms with Crippen LogP contribution in [-0.2, 0) is 20.4 Å². The van der Waals surface area contributed by atoms with Gasteiger partial charge in [-0.25, -0.2) is 8.42 Å². The van der Waals surface area contributed by atoms with E-state index in [1.54, 1.807) is 12.1 Å². The maximum absolute atomic E-state index is 12.5. The largest absolute Gasteiger partial charge is 0.352 e. The summed E-state index contributed by atoms with van der Waals surface area (Å²) in [6, 6.07) is 4.74. The maximum atomic E-state index is 12.5. The second-order valence-electron chi connectivity index (χ2n) is 6.65. The highest BCUT2D eigenvalue weighted by molar-refractivity contribution is 7.92. The zero-order valence-corrected chi connectivity index (χ0v) is 16.2. The lowest BCUT2D eigenvalue weighted by Gasteiger charge is -2.28. The highest BCUT2D eigenvalue weighted by Crippen LogP contribution is 2.25. The van der Waals surface area contributed by atoms with Crippen molar-refractivity contribution in [3.63, 3.8) is 0 Å². The van der Waals surface area contributed by atoms with Crippen LogP contribution in [0.4, 0.5) is 0 Å². The lowest BCUT2D eigenvalue weighted by molar-refractivity contribution is -0.121. The number of hydrogen-bond acceptors (Lipinski definition) is 3. The van der Waals surface area contributed by atoms with Crippen molar-refractivity contribution < 1.29 is 13.2 Å². The van der Waals surface area contributed by atoms with Crippen LogP contribution in [0.25, 0.3) is 0 Å². The summed E-state index contributed by atoms with van der Waals surface area (Å²) in [5.41, 5.74) is 0.451. The number of hydrogen-bond donors (Lipinski definition) is 1. The van der Waals surface area contributed by atoms with E-state index in [2.05, 4.69) is 12.2 Å².